The second-order valence-corrected chi connectivity index (χ2v) is 5.03. The second kappa shape index (κ2) is 6.27. The van der Waals surface area contributed by atoms with E-state index in [0.717, 1.165) is 43.6 Å². The highest BCUT2D eigenvalue weighted by Gasteiger charge is 2.24. The topological polar surface area (TPSA) is 47.3 Å². The van der Waals surface area contributed by atoms with Gasteiger partial charge in [0.25, 0.3) is 0 Å². The van der Waals surface area contributed by atoms with Crippen molar-refractivity contribution in [3.63, 3.8) is 0 Å². The van der Waals surface area contributed by atoms with Crippen molar-refractivity contribution in [1.82, 2.24) is 5.43 Å². The maximum absolute atomic E-state index is 13.3. The monoisotopic (exact) mass is 252 g/mol. The number of nitrogens with one attached hydrogen (secondary N) is 1. The Morgan fingerprint density at radius 1 is 1.56 bits per heavy atom. The number of benzene rings is 1. The van der Waals surface area contributed by atoms with Gasteiger partial charge in [-0.3, -0.25) is 11.3 Å². The zero-order valence-electron chi connectivity index (χ0n) is 10.8. The fourth-order valence-corrected chi connectivity index (χ4v) is 2.54. The minimum atomic E-state index is -0.189. The lowest BCUT2D eigenvalue weighted by atomic mass is 9.88. The Labute approximate surface area is 107 Å². The molecular formula is C14H21FN2O. The molecular weight excluding hydrogens is 231 g/mol. The van der Waals surface area contributed by atoms with E-state index < -0.39 is 0 Å². The van der Waals surface area contributed by atoms with E-state index in [1.54, 1.807) is 6.07 Å². The lowest BCUT2D eigenvalue weighted by molar-refractivity contribution is 0.0393. The van der Waals surface area contributed by atoms with Crippen LogP contribution < -0.4 is 11.3 Å². The first-order valence-electron chi connectivity index (χ1n) is 6.49. The second-order valence-electron chi connectivity index (χ2n) is 5.03. The SMILES string of the molecule is Cc1ccc(F)cc1CC(NN)C1CCCOC1. The number of hydrazine groups is 1. The van der Waals surface area contributed by atoms with Gasteiger partial charge in [0.2, 0.25) is 0 Å². The van der Waals surface area contributed by atoms with E-state index in [0.29, 0.717) is 5.92 Å². The van der Waals surface area contributed by atoms with E-state index in [4.69, 9.17) is 10.6 Å². The van der Waals surface area contributed by atoms with Crippen LogP contribution in [0.25, 0.3) is 0 Å². The lowest BCUT2D eigenvalue weighted by Gasteiger charge is -2.30. The molecule has 18 heavy (non-hydrogen) atoms. The first kappa shape index (κ1) is 13.5. The molecule has 1 aliphatic heterocycles. The molecule has 3 N–H and O–H groups in total. The van der Waals surface area contributed by atoms with Crippen LogP contribution in [-0.2, 0) is 11.2 Å². The number of nitrogens with two attached hydrogens (primary N) is 1. The highest BCUT2D eigenvalue weighted by atomic mass is 19.1. The van der Waals surface area contributed by atoms with Gasteiger partial charge in [0.05, 0.1) is 6.61 Å². The summed E-state index contributed by atoms with van der Waals surface area (Å²) < 4.78 is 18.8. The molecule has 0 aromatic heterocycles. The van der Waals surface area contributed by atoms with Crippen LogP contribution >= 0.6 is 0 Å². The molecule has 2 atom stereocenters. The van der Waals surface area contributed by atoms with E-state index in [1.807, 2.05) is 13.0 Å². The quantitative estimate of drug-likeness (QED) is 0.636. The average Bonchev–Trinajstić information content (AvgIpc) is 2.41. The van der Waals surface area contributed by atoms with Crippen molar-refractivity contribution in [1.29, 1.82) is 0 Å². The molecule has 3 nitrogen and oxygen atoms in total. The van der Waals surface area contributed by atoms with E-state index in [-0.39, 0.29) is 11.9 Å². The maximum atomic E-state index is 13.3. The summed E-state index contributed by atoms with van der Waals surface area (Å²) in [7, 11) is 0. The minimum absolute atomic E-state index is 0.144. The molecule has 1 saturated heterocycles. The first-order chi connectivity index (χ1) is 8.70. The van der Waals surface area contributed by atoms with Crippen LogP contribution in [0, 0.1) is 18.7 Å². The fourth-order valence-electron chi connectivity index (χ4n) is 2.54. The Morgan fingerprint density at radius 3 is 3.06 bits per heavy atom. The molecule has 100 valence electrons. The van der Waals surface area contributed by atoms with Crippen LogP contribution in [0.5, 0.6) is 0 Å². The van der Waals surface area contributed by atoms with E-state index in [1.165, 1.54) is 6.07 Å². The van der Waals surface area contributed by atoms with Gasteiger partial charge in [-0.15, -0.1) is 0 Å². The van der Waals surface area contributed by atoms with Gasteiger partial charge < -0.3 is 4.74 Å². The van der Waals surface area contributed by atoms with E-state index >= 15 is 0 Å². The van der Waals surface area contributed by atoms with Gasteiger partial charge in [-0.05, 0) is 55.4 Å². The molecule has 1 aromatic rings. The maximum Gasteiger partial charge on any atom is 0.123 e. The minimum Gasteiger partial charge on any atom is -0.381 e. The standard InChI is InChI=1S/C14H21FN2O/c1-10-4-5-13(15)7-12(10)8-14(17-16)11-3-2-6-18-9-11/h4-5,7,11,14,17H,2-3,6,8-9,16H2,1H3. The normalized spacial score (nSPS) is 21.8. The van der Waals surface area contributed by atoms with Gasteiger partial charge in [0.1, 0.15) is 5.82 Å². The van der Waals surface area contributed by atoms with Crippen molar-refractivity contribution in [2.24, 2.45) is 11.8 Å². The zero-order valence-corrected chi connectivity index (χ0v) is 10.8. The molecule has 0 amide bonds. The summed E-state index contributed by atoms with van der Waals surface area (Å²) >= 11 is 0. The number of ether oxygens (including phenoxy) is 1. The fraction of sp³-hybridized carbons (Fsp3) is 0.571. The van der Waals surface area contributed by atoms with Crippen LogP contribution in [0.3, 0.4) is 0 Å². The predicted octanol–water partition coefficient (Wildman–Crippen LogP) is 1.94. The summed E-state index contributed by atoms with van der Waals surface area (Å²) in [5.41, 5.74) is 4.99. The zero-order chi connectivity index (χ0) is 13.0. The molecule has 1 aromatic carbocycles. The van der Waals surface area contributed by atoms with Crippen LogP contribution in [-0.4, -0.2) is 19.3 Å². The Balaban J connectivity index is 2.06. The summed E-state index contributed by atoms with van der Waals surface area (Å²) in [6.07, 6.45) is 2.93. The van der Waals surface area contributed by atoms with Crippen molar-refractivity contribution in [2.45, 2.75) is 32.2 Å². The molecule has 2 unspecified atom stereocenters. The average molecular weight is 252 g/mol. The van der Waals surface area contributed by atoms with Crippen LogP contribution in [0.1, 0.15) is 24.0 Å². The van der Waals surface area contributed by atoms with Gasteiger partial charge in [-0.1, -0.05) is 6.07 Å². The molecule has 0 aliphatic carbocycles. The van der Waals surface area contributed by atoms with Gasteiger partial charge in [-0.25, -0.2) is 4.39 Å². The van der Waals surface area contributed by atoms with Crippen molar-refractivity contribution in [3.8, 4) is 0 Å². The molecule has 1 heterocycles. The van der Waals surface area contributed by atoms with E-state index in [9.17, 15) is 4.39 Å². The predicted molar refractivity (Wildman–Crippen MR) is 69.5 cm³/mol. The third-order valence-electron chi connectivity index (χ3n) is 3.73. The van der Waals surface area contributed by atoms with Gasteiger partial charge in [-0.2, -0.15) is 0 Å². The summed E-state index contributed by atoms with van der Waals surface area (Å²) in [5.74, 6) is 5.86. The summed E-state index contributed by atoms with van der Waals surface area (Å²) in [5, 5.41) is 0. The van der Waals surface area contributed by atoms with Crippen molar-refractivity contribution < 1.29 is 9.13 Å². The van der Waals surface area contributed by atoms with Crippen molar-refractivity contribution >= 4 is 0 Å². The van der Waals surface area contributed by atoms with Crippen LogP contribution in [0.15, 0.2) is 18.2 Å². The Hall–Kier alpha value is -0.970. The number of hydrogen-bond acceptors (Lipinski definition) is 3. The summed E-state index contributed by atoms with van der Waals surface area (Å²) in [6.45, 7) is 3.58. The lowest BCUT2D eigenvalue weighted by Crippen LogP contribution is -2.45. The van der Waals surface area contributed by atoms with Crippen LogP contribution in [0.2, 0.25) is 0 Å². The van der Waals surface area contributed by atoms with Gasteiger partial charge >= 0.3 is 0 Å². The molecule has 0 radical (unpaired) electrons. The molecule has 1 fully saturated rings. The van der Waals surface area contributed by atoms with Gasteiger partial charge in [0.15, 0.2) is 0 Å². The molecule has 2 rings (SSSR count). The van der Waals surface area contributed by atoms with Crippen LogP contribution in [0.4, 0.5) is 4.39 Å². The van der Waals surface area contributed by atoms with Gasteiger partial charge in [0, 0.05) is 12.6 Å². The summed E-state index contributed by atoms with van der Waals surface area (Å²) in [4.78, 5) is 0. The number of aryl methyl sites for hydroxylation is 1. The highest BCUT2D eigenvalue weighted by Crippen LogP contribution is 2.21. The summed E-state index contributed by atoms with van der Waals surface area (Å²) in [6, 6.07) is 5.05. The van der Waals surface area contributed by atoms with E-state index in [2.05, 4.69) is 5.43 Å². The Morgan fingerprint density at radius 2 is 2.39 bits per heavy atom. The van der Waals surface area contributed by atoms with Crippen molar-refractivity contribution in [2.75, 3.05) is 13.2 Å². The third-order valence-corrected chi connectivity index (χ3v) is 3.73. The Kier molecular flexibility index (Phi) is 4.69. The van der Waals surface area contributed by atoms with Crippen molar-refractivity contribution in [3.05, 3.63) is 35.1 Å². The number of rotatable bonds is 4. The highest BCUT2D eigenvalue weighted by molar-refractivity contribution is 5.27. The largest absolute Gasteiger partial charge is 0.381 e. The molecule has 0 bridgehead atoms. The third kappa shape index (κ3) is 3.28. The molecule has 0 saturated carbocycles. The number of halogens is 1. The smallest absolute Gasteiger partial charge is 0.123 e. The first-order valence-corrected chi connectivity index (χ1v) is 6.49. The molecule has 1 aliphatic rings. The molecule has 0 spiro atoms. The molecule has 4 heteroatoms. The number of hydrogen-bond donors (Lipinski definition) is 2. The Bertz CT molecular complexity index is 391.